The van der Waals surface area contributed by atoms with Gasteiger partial charge >= 0.3 is 5.97 Å². The number of hydrogen-bond donors (Lipinski definition) is 2. The first-order valence-corrected chi connectivity index (χ1v) is 14.4. The van der Waals surface area contributed by atoms with Crippen LogP contribution in [-0.4, -0.2) is 88.1 Å². The number of nitrogens with zero attached hydrogens (tertiary/aromatic N) is 2. The van der Waals surface area contributed by atoms with Crippen LogP contribution in [0.2, 0.25) is 0 Å². The van der Waals surface area contributed by atoms with Crippen molar-refractivity contribution in [3.63, 3.8) is 0 Å². The van der Waals surface area contributed by atoms with Crippen LogP contribution in [0.4, 0.5) is 0 Å². The van der Waals surface area contributed by atoms with Crippen molar-refractivity contribution in [2.24, 2.45) is 11.8 Å². The maximum Gasteiger partial charge on any atom is 0.313 e. The number of cyclic esters (lactones) is 1. The summed E-state index contributed by atoms with van der Waals surface area (Å²) in [5.41, 5.74) is -1.20. The molecule has 1 spiro atoms. The largest absolute Gasteiger partial charge is 0.455 e. The third-order valence-corrected chi connectivity index (χ3v) is 8.41. The number of benzene rings is 1. The van der Waals surface area contributed by atoms with E-state index in [-0.39, 0.29) is 50.3 Å². The molecule has 1 aromatic rings. The summed E-state index contributed by atoms with van der Waals surface area (Å²) in [6, 6.07) is 8.15. The number of nitrogens with one attached hydrogen (secondary N) is 1. The fraction of sp³-hybridized carbons (Fsp3) is 0.548. The van der Waals surface area contributed by atoms with Crippen molar-refractivity contribution >= 4 is 23.7 Å². The SMILES string of the molecule is CC(C)(C)N1CC=C[C@]23O[C@@H]4/C=C\CCC(=O)NC[C@@H](c5ccccc5)OC(=O)[C@@H]4[C@H]2C(=O)N(CCCO)[C@@H]3C1=O. The van der Waals surface area contributed by atoms with Gasteiger partial charge in [-0.15, -0.1) is 0 Å². The van der Waals surface area contributed by atoms with Crippen LogP contribution in [0.1, 0.15) is 51.7 Å². The molecule has 10 heteroatoms. The average molecular weight is 566 g/mol. The van der Waals surface area contributed by atoms with E-state index < -0.39 is 47.2 Å². The van der Waals surface area contributed by atoms with Gasteiger partial charge in [-0.25, -0.2) is 0 Å². The van der Waals surface area contributed by atoms with Crippen molar-refractivity contribution in [1.29, 1.82) is 0 Å². The predicted octanol–water partition coefficient (Wildman–Crippen LogP) is 1.90. The Balaban J connectivity index is 1.59. The summed E-state index contributed by atoms with van der Waals surface area (Å²) in [5.74, 6) is -3.43. The number of rotatable bonds is 4. The minimum Gasteiger partial charge on any atom is -0.455 e. The second-order valence-corrected chi connectivity index (χ2v) is 12.1. The summed E-state index contributed by atoms with van der Waals surface area (Å²) < 4.78 is 12.7. The topological polar surface area (TPSA) is 125 Å². The molecule has 41 heavy (non-hydrogen) atoms. The number of ether oxygens (including phenoxy) is 2. The Hall–Kier alpha value is -3.50. The number of fused-ring (bicyclic) bond motifs is 2. The van der Waals surface area contributed by atoms with E-state index in [2.05, 4.69) is 5.32 Å². The van der Waals surface area contributed by atoms with Gasteiger partial charge in [-0.2, -0.15) is 0 Å². The first-order valence-electron chi connectivity index (χ1n) is 14.4. The molecule has 6 atom stereocenters. The highest BCUT2D eigenvalue weighted by molar-refractivity contribution is 5.99. The number of carbonyl (C=O) groups excluding carboxylic acids is 4. The molecule has 3 amide bonds. The van der Waals surface area contributed by atoms with E-state index in [4.69, 9.17) is 9.47 Å². The zero-order chi connectivity index (χ0) is 29.4. The van der Waals surface area contributed by atoms with Gasteiger partial charge in [0.1, 0.15) is 23.7 Å². The Labute approximate surface area is 240 Å². The van der Waals surface area contributed by atoms with Crippen molar-refractivity contribution in [3.05, 3.63) is 60.2 Å². The van der Waals surface area contributed by atoms with Crippen molar-refractivity contribution in [3.8, 4) is 0 Å². The molecule has 4 aliphatic heterocycles. The number of aliphatic hydroxyl groups is 1. The first kappa shape index (κ1) is 29.0. The van der Waals surface area contributed by atoms with Crippen LogP contribution in [0.15, 0.2) is 54.6 Å². The van der Waals surface area contributed by atoms with Gasteiger partial charge in [0.2, 0.25) is 17.7 Å². The predicted molar refractivity (Wildman–Crippen MR) is 149 cm³/mol. The standard InChI is InChI=1S/C31H39N3O7/c1-30(2,3)34-17-9-15-31-25(27(37)33(16-10-18-35)26(31)28(34)38)24-21(41-31)13-7-8-14-23(36)32-19-22(40-29(24)39)20-11-5-4-6-12-20/h4-7,9,11-13,15,21-22,24-26,35H,8,10,14,16-19H2,1-3H3,(H,32,36)/b13-7-/t21-,22+,24+,25+,26-,31+/m1/s1. The van der Waals surface area contributed by atoms with Gasteiger partial charge in [0.15, 0.2) is 0 Å². The van der Waals surface area contributed by atoms with E-state index in [1.165, 1.54) is 4.90 Å². The zero-order valence-electron chi connectivity index (χ0n) is 23.8. The Bertz CT molecular complexity index is 1240. The molecule has 4 aliphatic rings. The van der Waals surface area contributed by atoms with E-state index in [0.717, 1.165) is 0 Å². The summed E-state index contributed by atoms with van der Waals surface area (Å²) in [6.07, 6.45) is 6.48. The van der Waals surface area contributed by atoms with Crippen LogP contribution < -0.4 is 5.32 Å². The quantitative estimate of drug-likeness (QED) is 0.422. The smallest absolute Gasteiger partial charge is 0.313 e. The monoisotopic (exact) mass is 565 g/mol. The molecule has 2 fully saturated rings. The van der Waals surface area contributed by atoms with E-state index in [1.54, 1.807) is 23.1 Å². The molecule has 5 rings (SSSR count). The van der Waals surface area contributed by atoms with Crippen molar-refractivity contribution in [1.82, 2.24) is 15.1 Å². The van der Waals surface area contributed by atoms with Crippen molar-refractivity contribution in [2.45, 2.75) is 69.4 Å². The molecular weight excluding hydrogens is 526 g/mol. The van der Waals surface area contributed by atoms with Gasteiger partial charge in [-0.3, -0.25) is 19.2 Å². The lowest BCUT2D eigenvalue weighted by Gasteiger charge is -2.40. The minimum absolute atomic E-state index is 0.0878. The Kier molecular flexibility index (Phi) is 8.07. The van der Waals surface area contributed by atoms with E-state index in [1.807, 2.05) is 57.2 Å². The Morgan fingerprint density at radius 3 is 2.54 bits per heavy atom. The van der Waals surface area contributed by atoms with Gasteiger partial charge in [-0.1, -0.05) is 54.6 Å². The highest BCUT2D eigenvalue weighted by atomic mass is 16.6. The van der Waals surface area contributed by atoms with E-state index in [0.29, 0.717) is 18.5 Å². The highest BCUT2D eigenvalue weighted by Crippen LogP contribution is 2.53. The van der Waals surface area contributed by atoms with Crippen LogP contribution in [-0.2, 0) is 28.7 Å². The lowest BCUT2D eigenvalue weighted by atomic mass is 9.77. The minimum atomic E-state index is -1.39. The van der Waals surface area contributed by atoms with Gasteiger partial charge in [0.25, 0.3) is 0 Å². The second kappa shape index (κ2) is 11.4. The maximum absolute atomic E-state index is 14.2. The van der Waals surface area contributed by atoms with Gasteiger partial charge in [-0.05, 0) is 39.2 Å². The molecule has 220 valence electrons. The number of hydrogen-bond acceptors (Lipinski definition) is 7. The molecule has 0 aliphatic carbocycles. The molecule has 0 unspecified atom stereocenters. The molecular formula is C31H39N3O7. The number of amides is 3. The summed E-state index contributed by atoms with van der Waals surface area (Å²) in [5, 5.41) is 12.4. The number of carbonyl (C=O) groups is 4. The maximum atomic E-state index is 14.2. The molecule has 2 saturated heterocycles. The van der Waals surface area contributed by atoms with E-state index in [9.17, 15) is 24.3 Å². The molecule has 0 radical (unpaired) electrons. The number of esters is 1. The molecule has 0 bridgehead atoms. The molecule has 0 aromatic heterocycles. The van der Waals surface area contributed by atoms with Crippen LogP contribution >= 0.6 is 0 Å². The van der Waals surface area contributed by atoms with Gasteiger partial charge in [0.05, 0.1) is 18.6 Å². The molecule has 2 N–H and O–H groups in total. The lowest BCUT2D eigenvalue weighted by molar-refractivity contribution is -0.160. The highest BCUT2D eigenvalue weighted by Gasteiger charge is 2.72. The summed E-state index contributed by atoms with van der Waals surface area (Å²) in [7, 11) is 0. The molecule has 4 heterocycles. The van der Waals surface area contributed by atoms with Crippen LogP contribution in [0.25, 0.3) is 0 Å². The number of likely N-dealkylation sites (tertiary alicyclic amines) is 1. The Morgan fingerprint density at radius 2 is 1.83 bits per heavy atom. The third-order valence-electron chi connectivity index (χ3n) is 8.41. The fourth-order valence-corrected chi connectivity index (χ4v) is 6.49. The molecule has 1 aromatic carbocycles. The van der Waals surface area contributed by atoms with Crippen molar-refractivity contribution in [2.75, 3.05) is 26.2 Å². The van der Waals surface area contributed by atoms with Crippen LogP contribution in [0, 0.1) is 11.8 Å². The Morgan fingerprint density at radius 1 is 1.07 bits per heavy atom. The summed E-state index contributed by atoms with van der Waals surface area (Å²) in [4.78, 5) is 58.1. The summed E-state index contributed by atoms with van der Waals surface area (Å²) >= 11 is 0. The normalized spacial score (nSPS) is 33.1. The second-order valence-electron chi connectivity index (χ2n) is 12.1. The number of aliphatic hydroxyl groups excluding tert-OH is 1. The lowest BCUT2D eigenvalue weighted by Crippen LogP contribution is -2.58. The van der Waals surface area contributed by atoms with Crippen LogP contribution in [0.3, 0.4) is 0 Å². The van der Waals surface area contributed by atoms with Gasteiger partial charge in [0, 0.05) is 31.7 Å². The third kappa shape index (κ3) is 5.30. The van der Waals surface area contributed by atoms with Crippen molar-refractivity contribution < 1.29 is 33.8 Å². The van der Waals surface area contributed by atoms with E-state index >= 15 is 0 Å². The molecule has 10 nitrogen and oxygen atoms in total. The van der Waals surface area contributed by atoms with Crippen LogP contribution in [0.5, 0.6) is 0 Å². The molecule has 0 saturated carbocycles. The zero-order valence-corrected chi connectivity index (χ0v) is 23.8. The number of allylic oxidation sites excluding steroid dienone is 1. The van der Waals surface area contributed by atoms with Gasteiger partial charge < -0.3 is 29.7 Å². The fourth-order valence-electron chi connectivity index (χ4n) is 6.49. The first-order chi connectivity index (χ1) is 19.6. The average Bonchev–Trinajstić information content (AvgIpc) is 3.31. The summed E-state index contributed by atoms with van der Waals surface area (Å²) in [6.45, 7) is 6.23.